The smallest absolute Gasteiger partial charge is 0.270 e. The molecule has 2 aromatic rings. The largest absolute Gasteiger partial charge is 0.341 e. The minimum absolute atomic E-state index is 0.117. The molecule has 1 unspecified atom stereocenters. The number of unbranched alkanes of at least 4 members (excludes halogenated alkanes) is 1. The molecule has 0 aliphatic rings. The van der Waals surface area contributed by atoms with Crippen LogP contribution in [0.5, 0.6) is 0 Å². The molecule has 0 spiro atoms. The van der Waals surface area contributed by atoms with E-state index in [0.717, 1.165) is 12.8 Å². The molecule has 1 aromatic carbocycles. The lowest BCUT2D eigenvalue weighted by Crippen LogP contribution is -2.41. The van der Waals surface area contributed by atoms with E-state index in [0.29, 0.717) is 12.4 Å². The number of non-ortho nitro benzene ring substituents is 1. The van der Waals surface area contributed by atoms with E-state index in [1.807, 2.05) is 0 Å². The second-order valence-electron chi connectivity index (χ2n) is 5.78. The first-order chi connectivity index (χ1) is 12.4. The zero-order valence-electron chi connectivity index (χ0n) is 14.6. The standard InChI is InChI=1S/C17H21N5O4/c1-3-4-10-21-15(8-9-18-21)20-16(23)12(2)19-17(24)13-6-5-7-14(11-13)22(25)26/h5-9,11-12H,3-4,10H2,1-2H3,(H,19,24)(H,20,23). The zero-order valence-corrected chi connectivity index (χ0v) is 14.6. The maximum absolute atomic E-state index is 12.3. The Morgan fingerprint density at radius 3 is 2.81 bits per heavy atom. The first-order valence-corrected chi connectivity index (χ1v) is 8.30. The van der Waals surface area contributed by atoms with Gasteiger partial charge in [-0.25, -0.2) is 4.68 Å². The first-order valence-electron chi connectivity index (χ1n) is 8.30. The van der Waals surface area contributed by atoms with Crippen LogP contribution in [0.25, 0.3) is 0 Å². The van der Waals surface area contributed by atoms with Crippen molar-refractivity contribution in [3.63, 3.8) is 0 Å². The van der Waals surface area contributed by atoms with Crippen molar-refractivity contribution in [2.75, 3.05) is 5.32 Å². The molecule has 9 heteroatoms. The molecule has 2 amide bonds. The Morgan fingerprint density at radius 2 is 2.12 bits per heavy atom. The molecule has 26 heavy (non-hydrogen) atoms. The van der Waals surface area contributed by atoms with Gasteiger partial charge >= 0.3 is 0 Å². The van der Waals surface area contributed by atoms with Crippen molar-refractivity contribution in [3.05, 3.63) is 52.2 Å². The van der Waals surface area contributed by atoms with Crippen LogP contribution in [0.3, 0.4) is 0 Å². The highest BCUT2D eigenvalue weighted by Crippen LogP contribution is 2.13. The molecule has 1 aromatic heterocycles. The lowest BCUT2D eigenvalue weighted by molar-refractivity contribution is -0.384. The number of aromatic nitrogens is 2. The van der Waals surface area contributed by atoms with Crippen molar-refractivity contribution in [1.29, 1.82) is 0 Å². The Kier molecular flexibility index (Phi) is 6.42. The fraction of sp³-hybridized carbons (Fsp3) is 0.353. The highest BCUT2D eigenvalue weighted by atomic mass is 16.6. The van der Waals surface area contributed by atoms with Crippen molar-refractivity contribution in [2.24, 2.45) is 0 Å². The number of nitrogens with zero attached hydrogens (tertiary/aromatic N) is 3. The zero-order chi connectivity index (χ0) is 19.1. The topological polar surface area (TPSA) is 119 Å². The molecule has 9 nitrogen and oxygen atoms in total. The van der Waals surface area contributed by atoms with Crippen molar-refractivity contribution in [3.8, 4) is 0 Å². The first kappa shape index (κ1) is 19.1. The molecule has 0 aliphatic heterocycles. The van der Waals surface area contributed by atoms with E-state index >= 15 is 0 Å². The van der Waals surface area contributed by atoms with Gasteiger partial charge in [-0.2, -0.15) is 5.10 Å². The van der Waals surface area contributed by atoms with Crippen LogP contribution in [0.4, 0.5) is 11.5 Å². The number of rotatable bonds is 8. The van der Waals surface area contributed by atoms with E-state index < -0.39 is 22.8 Å². The van der Waals surface area contributed by atoms with Gasteiger partial charge in [-0.1, -0.05) is 19.4 Å². The van der Waals surface area contributed by atoms with Crippen LogP contribution >= 0.6 is 0 Å². The Balaban J connectivity index is 1.98. The second-order valence-corrected chi connectivity index (χ2v) is 5.78. The number of nitro groups is 1. The number of aryl methyl sites for hydroxylation is 1. The van der Waals surface area contributed by atoms with Gasteiger partial charge in [0.1, 0.15) is 11.9 Å². The van der Waals surface area contributed by atoms with E-state index in [1.54, 1.807) is 16.9 Å². The van der Waals surface area contributed by atoms with E-state index in [1.165, 1.54) is 31.2 Å². The third-order valence-corrected chi connectivity index (χ3v) is 3.75. The van der Waals surface area contributed by atoms with Crippen LogP contribution in [0.15, 0.2) is 36.5 Å². The van der Waals surface area contributed by atoms with Gasteiger partial charge in [0.05, 0.1) is 11.1 Å². The Hall–Kier alpha value is -3.23. The van der Waals surface area contributed by atoms with E-state index in [2.05, 4.69) is 22.7 Å². The molecular formula is C17H21N5O4. The third-order valence-electron chi connectivity index (χ3n) is 3.75. The lowest BCUT2D eigenvalue weighted by Gasteiger charge is -2.15. The molecule has 1 heterocycles. The van der Waals surface area contributed by atoms with E-state index in [-0.39, 0.29) is 11.3 Å². The summed E-state index contributed by atoms with van der Waals surface area (Å²) < 4.78 is 1.69. The van der Waals surface area contributed by atoms with E-state index in [4.69, 9.17) is 0 Å². The molecule has 2 rings (SSSR count). The lowest BCUT2D eigenvalue weighted by atomic mass is 10.1. The molecule has 0 saturated heterocycles. The predicted octanol–water partition coefficient (Wildman–Crippen LogP) is 2.35. The SMILES string of the molecule is CCCCn1nccc1NC(=O)C(C)NC(=O)c1cccc([N+](=O)[O-])c1. The van der Waals surface area contributed by atoms with Crippen molar-refractivity contribution >= 4 is 23.3 Å². The maximum atomic E-state index is 12.3. The summed E-state index contributed by atoms with van der Waals surface area (Å²) in [5.41, 5.74) is -0.0681. The Labute approximate surface area is 150 Å². The number of nitrogens with one attached hydrogen (secondary N) is 2. The minimum Gasteiger partial charge on any atom is -0.341 e. The van der Waals surface area contributed by atoms with E-state index in [9.17, 15) is 19.7 Å². The highest BCUT2D eigenvalue weighted by Gasteiger charge is 2.19. The summed E-state index contributed by atoms with van der Waals surface area (Å²) in [5, 5.41) is 20.2. The number of amides is 2. The van der Waals surface area contributed by atoms with Crippen LogP contribution in [0.2, 0.25) is 0 Å². The highest BCUT2D eigenvalue weighted by molar-refractivity contribution is 6.00. The van der Waals surface area contributed by atoms with Crippen LogP contribution in [0, 0.1) is 10.1 Å². The molecule has 0 fully saturated rings. The summed E-state index contributed by atoms with van der Waals surface area (Å²) in [6.45, 7) is 4.29. The molecule has 138 valence electrons. The van der Waals surface area contributed by atoms with Gasteiger partial charge in [0.15, 0.2) is 0 Å². The van der Waals surface area contributed by atoms with Crippen LogP contribution in [-0.2, 0) is 11.3 Å². The summed E-state index contributed by atoms with van der Waals surface area (Å²) in [4.78, 5) is 34.7. The quantitative estimate of drug-likeness (QED) is 0.554. The number of hydrogen-bond acceptors (Lipinski definition) is 5. The van der Waals surface area contributed by atoms with Gasteiger partial charge in [0.2, 0.25) is 5.91 Å². The summed E-state index contributed by atoms with van der Waals surface area (Å²) in [5.74, 6) is -0.405. The van der Waals surface area contributed by atoms with Crippen molar-refractivity contribution in [2.45, 2.75) is 39.3 Å². The average Bonchev–Trinajstić information content (AvgIpc) is 3.06. The summed E-state index contributed by atoms with van der Waals surface area (Å²) >= 11 is 0. The molecular weight excluding hydrogens is 338 g/mol. The number of benzene rings is 1. The van der Waals surface area contributed by atoms with Crippen LogP contribution in [-0.4, -0.2) is 32.6 Å². The van der Waals surface area contributed by atoms with Crippen molar-refractivity contribution < 1.29 is 14.5 Å². The molecule has 0 radical (unpaired) electrons. The average molecular weight is 359 g/mol. The third kappa shape index (κ3) is 4.88. The summed E-state index contributed by atoms with van der Waals surface area (Å²) in [6, 6.07) is 6.19. The fourth-order valence-corrected chi connectivity index (χ4v) is 2.27. The van der Waals surface area contributed by atoms with Gasteiger partial charge < -0.3 is 10.6 Å². The Bertz CT molecular complexity index is 802. The van der Waals surface area contributed by atoms with Gasteiger partial charge in [0, 0.05) is 30.3 Å². The van der Waals surface area contributed by atoms with Gasteiger partial charge in [-0.15, -0.1) is 0 Å². The molecule has 0 aliphatic carbocycles. The van der Waals surface area contributed by atoms with Crippen LogP contribution < -0.4 is 10.6 Å². The van der Waals surface area contributed by atoms with Crippen molar-refractivity contribution in [1.82, 2.24) is 15.1 Å². The minimum atomic E-state index is -0.823. The molecule has 0 saturated carbocycles. The molecule has 1 atom stereocenters. The number of carbonyl (C=O) groups is 2. The Morgan fingerprint density at radius 1 is 1.35 bits per heavy atom. The van der Waals surface area contributed by atoms with Gasteiger partial charge in [-0.3, -0.25) is 19.7 Å². The molecule has 2 N–H and O–H groups in total. The fourth-order valence-electron chi connectivity index (χ4n) is 2.27. The summed E-state index contributed by atoms with van der Waals surface area (Å²) in [7, 11) is 0. The normalized spacial score (nSPS) is 11.6. The predicted molar refractivity (Wildman–Crippen MR) is 95.8 cm³/mol. The van der Waals surface area contributed by atoms with Crippen LogP contribution in [0.1, 0.15) is 37.0 Å². The number of carbonyl (C=O) groups excluding carboxylic acids is 2. The van der Waals surface area contributed by atoms with Gasteiger partial charge in [-0.05, 0) is 19.4 Å². The number of nitro benzene ring substituents is 1. The number of anilines is 1. The second kappa shape index (κ2) is 8.75. The monoisotopic (exact) mass is 359 g/mol. The van der Waals surface area contributed by atoms with Gasteiger partial charge in [0.25, 0.3) is 11.6 Å². The molecule has 0 bridgehead atoms. The maximum Gasteiger partial charge on any atom is 0.270 e. The number of hydrogen-bond donors (Lipinski definition) is 2. The summed E-state index contributed by atoms with van der Waals surface area (Å²) in [6.07, 6.45) is 3.53.